The molecular formula is C23H23N3OS. The minimum absolute atomic E-state index is 0.00233. The van der Waals surface area contributed by atoms with Gasteiger partial charge in [-0.25, -0.2) is 4.98 Å². The molecule has 4 aromatic rings. The van der Waals surface area contributed by atoms with Crippen molar-refractivity contribution < 1.29 is 4.79 Å². The molecule has 1 amide bonds. The third kappa shape index (κ3) is 3.71. The van der Waals surface area contributed by atoms with Crippen LogP contribution in [-0.4, -0.2) is 15.5 Å². The Morgan fingerprint density at radius 2 is 1.96 bits per heavy atom. The molecule has 0 aliphatic heterocycles. The lowest BCUT2D eigenvalue weighted by molar-refractivity contribution is 0.0935. The summed E-state index contributed by atoms with van der Waals surface area (Å²) in [6.45, 7) is 4.89. The number of imidazole rings is 1. The highest BCUT2D eigenvalue weighted by Crippen LogP contribution is 2.22. The summed E-state index contributed by atoms with van der Waals surface area (Å²) < 4.78 is 2.20. The maximum Gasteiger partial charge on any atom is 0.251 e. The topological polar surface area (TPSA) is 46.9 Å². The maximum absolute atomic E-state index is 12.8. The lowest BCUT2D eigenvalue weighted by Crippen LogP contribution is -2.28. The zero-order chi connectivity index (χ0) is 19.5. The number of amides is 1. The van der Waals surface area contributed by atoms with Crippen molar-refractivity contribution in [2.45, 2.75) is 32.9 Å². The van der Waals surface area contributed by atoms with Gasteiger partial charge < -0.3 is 9.88 Å². The predicted molar refractivity (Wildman–Crippen MR) is 115 cm³/mol. The maximum atomic E-state index is 12.8. The lowest BCUT2D eigenvalue weighted by atomic mass is 10.0. The van der Waals surface area contributed by atoms with E-state index in [1.807, 2.05) is 55.5 Å². The van der Waals surface area contributed by atoms with Crippen molar-refractivity contribution in [3.63, 3.8) is 0 Å². The van der Waals surface area contributed by atoms with Gasteiger partial charge in [0.2, 0.25) is 0 Å². The van der Waals surface area contributed by atoms with E-state index in [0.717, 1.165) is 35.4 Å². The monoisotopic (exact) mass is 389 g/mol. The van der Waals surface area contributed by atoms with Crippen LogP contribution >= 0.6 is 11.3 Å². The molecule has 0 fully saturated rings. The molecule has 0 aliphatic rings. The molecule has 4 nitrogen and oxygen atoms in total. The van der Waals surface area contributed by atoms with Crippen LogP contribution in [0.2, 0.25) is 0 Å². The Labute approximate surface area is 168 Å². The molecule has 0 radical (unpaired) electrons. The average Bonchev–Trinajstić information content (AvgIpc) is 3.34. The number of benzene rings is 2. The van der Waals surface area contributed by atoms with Gasteiger partial charge >= 0.3 is 0 Å². The van der Waals surface area contributed by atoms with Crippen LogP contribution in [0.1, 0.15) is 46.0 Å². The molecule has 0 saturated heterocycles. The molecular weight excluding hydrogens is 366 g/mol. The van der Waals surface area contributed by atoms with E-state index in [-0.39, 0.29) is 11.9 Å². The first-order valence-corrected chi connectivity index (χ1v) is 10.4. The fraction of sp³-hybridized carbons (Fsp3) is 0.217. The highest BCUT2D eigenvalue weighted by molar-refractivity contribution is 7.09. The van der Waals surface area contributed by atoms with E-state index in [4.69, 9.17) is 0 Å². The summed E-state index contributed by atoms with van der Waals surface area (Å²) in [6.07, 6.45) is 0.840. The van der Waals surface area contributed by atoms with Gasteiger partial charge in [0, 0.05) is 10.4 Å². The number of rotatable bonds is 6. The summed E-state index contributed by atoms with van der Waals surface area (Å²) in [6, 6.07) is 20.1. The highest BCUT2D eigenvalue weighted by atomic mass is 32.1. The van der Waals surface area contributed by atoms with Gasteiger partial charge in [-0.3, -0.25) is 4.79 Å². The molecule has 2 aromatic heterocycles. The molecule has 0 bridgehead atoms. The largest absolute Gasteiger partial charge is 0.345 e. The smallest absolute Gasteiger partial charge is 0.251 e. The Balaban J connectivity index is 1.58. The van der Waals surface area contributed by atoms with Crippen LogP contribution in [0, 0.1) is 6.92 Å². The van der Waals surface area contributed by atoms with Crippen molar-refractivity contribution in [1.29, 1.82) is 0 Å². The van der Waals surface area contributed by atoms with Crippen molar-refractivity contribution in [1.82, 2.24) is 14.9 Å². The van der Waals surface area contributed by atoms with Crippen LogP contribution in [0.25, 0.3) is 11.0 Å². The van der Waals surface area contributed by atoms with E-state index < -0.39 is 0 Å². The first-order chi connectivity index (χ1) is 13.7. The lowest BCUT2D eigenvalue weighted by Gasteiger charge is -2.17. The fourth-order valence-electron chi connectivity index (χ4n) is 3.50. The zero-order valence-electron chi connectivity index (χ0n) is 16.1. The Morgan fingerprint density at radius 3 is 2.68 bits per heavy atom. The van der Waals surface area contributed by atoms with Crippen molar-refractivity contribution in [3.05, 3.63) is 87.9 Å². The molecule has 28 heavy (non-hydrogen) atoms. The number of fused-ring (bicyclic) bond motifs is 1. The quantitative estimate of drug-likeness (QED) is 0.484. The first kappa shape index (κ1) is 18.4. The summed E-state index contributed by atoms with van der Waals surface area (Å²) in [7, 11) is 0. The van der Waals surface area contributed by atoms with Gasteiger partial charge in [-0.05, 0) is 48.6 Å². The van der Waals surface area contributed by atoms with Crippen LogP contribution in [0.5, 0.6) is 0 Å². The zero-order valence-corrected chi connectivity index (χ0v) is 16.9. The number of carbonyl (C=O) groups excluding carboxylic acids is 1. The standard InChI is InChI=1S/C23H23N3OS/c1-3-20(17-8-5-4-6-9-17)25-23(27)18-11-12-22-21(14-18)24-16(2)26(22)15-19-10-7-13-28-19/h4-14,20H,3,15H2,1-2H3,(H,25,27)/t20-/m1/s1. The first-order valence-electron chi connectivity index (χ1n) is 9.50. The Hall–Kier alpha value is -2.92. The minimum atomic E-state index is -0.0666. The van der Waals surface area contributed by atoms with Crippen LogP contribution in [0.4, 0.5) is 0 Å². The molecule has 1 atom stereocenters. The van der Waals surface area contributed by atoms with Crippen molar-refractivity contribution in [2.75, 3.05) is 0 Å². The van der Waals surface area contributed by atoms with E-state index in [2.05, 4.69) is 39.3 Å². The Morgan fingerprint density at radius 1 is 1.14 bits per heavy atom. The van der Waals surface area contributed by atoms with Crippen LogP contribution in [0.3, 0.4) is 0 Å². The van der Waals surface area contributed by atoms with Gasteiger partial charge in [-0.2, -0.15) is 0 Å². The number of nitrogens with zero attached hydrogens (tertiary/aromatic N) is 2. The molecule has 142 valence electrons. The third-order valence-corrected chi connectivity index (χ3v) is 5.87. The molecule has 2 aromatic carbocycles. The predicted octanol–water partition coefficient (Wildman–Crippen LogP) is 5.34. The van der Waals surface area contributed by atoms with Gasteiger partial charge in [0.15, 0.2) is 0 Å². The number of hydrogen-bond donors (Lipinski definition) is 1. The second kappa shape index (κ2) is 7.98. The average molecular weight is 390 g/mol. The molecule has 0 saturated carbocycles. The number of aromatic nitrogens is 2. The van der Waals surface area contributed by atoms with Gasteiger partial charge in [-0.1, -0.05) is 43.3 Å². The van der Waals surface area contributed by atoms with E-state index in [1.54, 1.807) is 11.3 Å². The second-order valence-electron chi connectivity index (χ2n) is 6.87. The van der Waals surface area contributed by atoms with E-state index in [9.17, 15) is 4.79 Å². The van der Waals surface area contributed by atoms with Gasteiger partial charge in [0.1, 0.15) is 5.82 Å². The van der Waals surface area contributed by atoms with E-state index >= 15 is 0 Å². The number of hydrogen-bond acceptors (Lipinski definition) is 3. The third-order valence-electron chi connectivity index (χ3n) is 5.01. The molecule has 0 unspecified atom stereocenters. The second-order valence-corrected chi connectivity index (χ2v) is 7.91. The summed E-state index contributed by atoms with van der Waals surface area (Å²) in [5.41, 5.74) is 3.67. The molecule has 2 heterocycles. The summed E-state index contributed by atoms with van der Waals surface area (Å²) >= 11 is 1.74. The van der Waals surface area contributed by atoms with E-state index in [0.29, 0.717) is 5.56 Å². The molecule has 5 heteroatoms. The van der Waals surface area contributed by atoms with Gasteiger partial charge in [-0.15, -0.1) is 11.3 Å². The molecule has 0 spiro atoms. The Kier molecular flexibility index (Phi) is 5.26. The molecule has 1 N–H and O–H groups in total. The van der Waals surface area contributed by atoms with Crippen molar-refractivity contribution in [2.24, 2.45) is 0 Å². The molecule has 4 rings (SSSR count). The number of thiophene rings is 1. The SMILES string of the molecule is CC[C@@H](NC(=O)c1ccc2c(c1)nc(C)n2Cc1cccs1)c1ccccc1. The summed E-state index contributed by atoms with van der Waals surface area (Å²) in [5.74, 6) is 0.889. The van der Waals surface area contributed by atoms with Crippen molar-refractivity contribution in [3.8, 4) is 0 Å². The van der Waals surface area contributed by atoms with Crippen molar-refractivity contribution >= 4 is 28.3 Å². The molecule has 0 aliphatic carbocycles. The summed E-state index contributed by atoms with van der Waals surface area (Å²) in [4.78, 5) is 18.8. The highest BCUT2D eigenvalue weighted by Gasteiger charge is 2.16. The summed E-state index contributed by atoms with van der Waals surface area (Å²) in [5, 5.41) is 5.24. The number of aryl methyl sites for hydroxylation is 1. The Bertz CT molecular complexity index is 1080. The fourth-order valence-corrected chi connectivity index (χ4v) is 4.19. The normalized spacial score (nSPS) is 12.2. The van der Waals surface area contributed by atoms with E-state index in [1.165, 1.54) is 4.88 Å². The van der Waals surface area contributed by atoms with Gasteiger partial charge in [0.05, 0.1) is 23.6 Å². The van der Waals surface area contributed by atoms with Crippen LogP contribution in [-0.2, 0) is 6.54 Å². The number of nitrogens with one attached hydrogen (secondary N) is 1. The minimum Gasteiger partial charge on any atom is -0.345 e. The van der Waals surface area contributed by atoms with Crippen LogP contribution in [0.15, 0.2) is 66.0 Å². The number of carbonyl (C=O) groups is 1. The van der Waals surface area contributed by atoms with Crippen LogP contribution < -0.4 is 5.32 Å². The van der Waals surface area contributed by atoms with Gasteiger partial charge in [0.25, 0.3) is 5.91 Å².